The second kappa shape index (κ2) is 8.03. The predicted molar refractivity (Wildman–Crippen MR) is 104 cm³/mol. The quantitative estimate of drug-likeness (QED) is 0.750. The lowest BCUT2D eigenvalue weighted by atomic mass is 9.95. The highest BCUT2D eigenvalue weighted by molar-refractivity contribution is 6.42. The molecule has 7 heteroatoms. The van der Waals surface area contributed by atoms with Gasteiger partial charge in [-0.2, -0.15) is 0 Å². The van der Waals surface area contributed by atoms with Crippen LogP contribution in [0.25, 0.3) is 0 Å². The molecule has 1 unspecified atom stereocenters. The first kappa shape index (κ1) is 19.3. The smallest absolute Gasteiger partial charge is 0.338 e. The second-order valence-electron chi connectivity index (χ2n) is 6.18. The molecule has 1 aliphatic rings. The van der Waals surface area contributed by atoms with Crippen molar-refractivity contribution < 1.29 is 14.3 Å². The molecule has 0 bridgehead atoms. The van der Waals surface area contributed by atoms with Gasteiger partial charge in [0.15, 0.2) is 0 Å². The molecule has 0 aliphatic carbocycles. The maximum absolute atomic E-state index is 12.9. The van der Waals surface area contributed by atoms with Gasteiger partial charge >= 0.3 is 12.0 Å². The van der Waals surface area contributed by atoms with Gasteiger partial charge in [-0.15, -0.1) is 0 Å². The van der Waals surface area contributed by atoms with Gasteiger partial charge in [-0.05, 0) is 30.2 Å². The normalized spacial score (nSPS) is 17.0. The van der Waals surface area contributed by atoms with E-state index in [0.29, 0.717) is 26.9 Å². The van der Waals surface area contributed by atoms with Crippen molar-refractivity contribution in [3.05, 3.63) is 81.0 Å². The summed E-state index contributed by atoms with van der Waals surface area (Å²) in [6.07, 6.45) is 0. The van der Waals surface area contributed by atoms with Crippen LogP contribution in [0.5, 0.6) is 0 Å². The molecule has 1 N–H and O–H groups in total. The van der Waals surface area contributed by atoms with Crippen LogP contribution in [0.3, 0.4) is 0 Å². The fourth-order valence-corrected chi connectivity index (χ4v) is 3.15. The maximum Gasteiger partial charge on any atom is 0.338 e. The number of hydrogen-bond donors (Lipinski definition) is 1. The molecule has 0 aromatic heterocycles. The van der Waals surface area contributed by atoms with Crippen molar-refractivity contribution in [1.29, 1.82) is 0 Å². The van der Waals surface area contributed by atoms with Crippen LogP contribution in [-0.4, -0.2) is 23.9 Å². The zero-order valence-corrected chi connectivity index (χ0v) is 16.3. The third-order valence-corrected chi connectivity index (χ3v) is 5.20. The van der Waals surface area contributed by atoms with Gasteiger partial charge in [0, 0.05) is 12.7 Å². The Morgan fingerprint density at radius 2 is 1.85 bits per heavy atom. The van der Waals surface area contributed by atoms with E-state index in [4.69, 9.17) is 27.9 Å². The first-order valence-electron chi connectivity index (χ1n) is 8.29. The maximum atomic E-state index is 12.9. The molecule has 5 nitrogen and oxygen atoms in total. The van der Waals surface area contributed by atoms with Crippen molar-refractivity contribution in [3.63, 3.8) is 0 Å². The topological polar surface area (TPSA) is 58.6 Å². The lowest BCUT2D eigenvalue weighted by molar-refractivity contribution is -0.141. The number of carbonyl (C=O) groups excluding carboxylic acids is 2. The second-order valence-corrected chi connectivity index (χ2v) is 6.99. The summed E-state index contributed by atoms with van der Waals surface area (Å²) in [5.41, 5.74) is 2.40. The highest BCUT2D eigenvalue weighted by Gasteiger charge is 2.35. The third kappa shape index (κ3) is 4.10. The van der Waals surface area contributed by atoms with E-state index in [1.54, 1.807) is 32.2 Å². The standard InChI is InChI=1S/C20H18Cl2N2O3/c1-12-17(19(25)27-11-13-6-4-3-5-7-13)18(23-20(26)24(12)2)14-8-9-15(21)16(22)10-14/h3-10,18H,11H2,1-2H3,(H,23,26). The monoisotopic (exact) mass is 404 g/mol. The van der Waals surface area contributed by atoms with E-state index in [0.717, 1.165) is 5.56 Å². The molecule has 0 radical (unpaired) electrons. The lowest BCUT2D eigenvalue weighted by Crippen LogP contribution is -2.46. The van der Waals surface area contributed by atoms with Gasteiger partial charge in [0.05, 0.1) is 21.7 Å². The Hall–Kier alpha value is -2.50. The predicted octanol–water partition coefficient (Wildman–Crippen LogP) is 4.71. The number of nitrogens with zero attached hydrogens (tertiary/aromatic N) is 1. The minimum Gasteiger partial charge on any atom is -0.457 e. The largest absolute Gasteiger partial charge is 0.457 e. The van der Waals surface area contributed by atoms with Gasteiger partial charge in [-0.25, -0.2) is 9.59 Å². The van der Waals surface area contributed by atoms with Crippen molar-refractivity contribution in [1.82, 2.24) is 10.2 Å². The Morgan fingerprint density at radius 1 is 1.15 bits per heavy atom. The van der Waals surface area contributed by atoms with Crippen LogP contribution in [0.15, 0.2) is 59.8 Å². The highest BCUT2D eigenvalue weighted by atomic mass is 35.5. The van der Waals surface area contributed by atoms with Gasteiger partial charge in [0.25, 0.3) is 0 Å². The van der Waals surface area contributed by atoms with Crippen molar-refractivity contribution in [2.24, 2.45) is 0 Å². The number of carbonyl (C=O) groups is 2. The van der Waals surface area contributed by atoms with E-state index >= 15 is 0 Å². The van der Waals surface area contributed by atoms with Crippen LogP contribution in [0.2, 0.25) is 10.0 Å². The number of halogens is 2. The number of hydrogen-bond acceptors (Lipinski definition) is 3. The Labute approximate surface area is 167 Å². The van der Waals surface area contributed by atoms with Gasteiger partial charge < -0.3 is 15.0 Å². The number of urea groups is 1. The average Bonchev–Trinajstić information content (AvgIpc) is 2.67. The van der Waals surface area contributed by atoms with Gasteiger partial charge in [0.2, 0.25) is 0 Å². The minimum absolute atomic E-state index is 0.141. The van der Waals surface area contributed by atoms with Crippen LogP contribution in [0.1, 0.15) is 24.1 Å². The fourth-order valence-electron chi connectivity index (χ4n) is 2.84. The summed E-state index contributed by atoms with van der Waals surface area (Å²) in [5.74, 6) is -0.501. The third-order valence-electron chi connectivity index (χ3n) is 4.46. The summed E-state index contributed by atoms with van der Waals surface area (Å²) >= 11 is 12.1. The van der Waals surface area contributed by atoms with Crippen LogP contribution >= 0.6 is 23.2 Å². The number of rotatable bonds is 4. The SMILES string of the molecule is CC1=C(C(=O)OCc2ccccc2)C(c2ccc(Cl)c(Cl)c2)NC(=O)N1C. The van der Waals surface area contributed by atoms with E-state index in [9.17, 15) is 9.59 Å². The number of esters is 1. The van der Waals surface area contributed by atoms with E-state index in [1.807, 2.05) is 30.3 Å². The Kier molecular flexibility index (Phi) is 5.73. The van der Waals surface area contributed by atoms with Gasteiger partial charge in [-0.3, -0.25) is 0 Å². The van der Waals surface area contributed by atoms with Gasteiger partial charge in [0.1, 0.15) is 6.61 Å². The zero-order chi connectivity index (χ0) is 19.6. The molecule has 27 heavy (non-hydrogen) atoms. The summed E-state index contributed by atoms with van der Waals surface area (Å²) in [5, 5.41) is 3.56. The molecule has 2 aromatic carbocycles. The van der Waals surface area contributed by atoms with Gasteiger partial charge in [-0.1, -0.05) is 59.6 Å². The summed E-state index contributed by atoms with van der Waals surface area (Å²) in [6.45, 7) is 1.85. The van der Waals surface area contributed by atoms with Crippen LogP contribution < -0.4 is 5.32 Å². The van der Waals surface area contributed by atoms with E-state index in [-0.39, 0.29) is 12.6 Å². The first-order chi connectivity index (χ1) is 12.9. The fraction of sp³-hybridized carbons (Fsp3) is 0.200. The summed E-state index contributed by atoms with van der Waals surface area (Å²) in [6, 6.07) is 13.4. The van der Waals surface area contributed by atoms with Crippen LogP contribution in [0, 0.1) is 0 Å². The van der Waals surface area contributed by atoms with E-state index in [2.05, 4.69) is 5.32 Å². The molecule has 2 amide bonds. The van der Waals surface area contributed by atoms with Crippen molar-refractivity contribution >= 4 is 35.2 Å². The zero-order valence-electron chi connectivity index (χ0n) is 14.8. The summed E-state index contributed by atoms with van der Waals surface area (Å²) < 4.78 is 5.49. The summed E-state index contributed by atoms with van der Waals surface area (Å²) in [7, 11) is 1.60. The molecule has 0 saturated heterocycles. The van der Waals surface area contributed by atoms with Crippen molar-refractivity contribution in [2.75, 3.05) is 7.05 Å². The molecular formula is C20H18Cl2N2O3. The molecule has 1 aliphatic heterocycles. The molecule has 0 spiro atoms. The molecule has 3 rings (SSSR count). The number of ether oxygens (including phenoxy) is 1. The lowest BCUT2D eigenvalue weighted by Gasteiger charge is -2.33. The van der Waals surface area contributed by atoms with Crippen molar-refractivity contribution in [2.45, 2.75) is 19.6 Å². The molecule has 1 atom stereocenters. The van der Waals surface area contributed by atoms with Crippen LogP contribution in [0.4, 0.5) is 4.79 Å². The number of nitrogens with one attached hydrogen (secondary N) is 1. The molecule has 2 aromatic rings. The first-order valence-corrected chi connectivity index (χ1v) is 9.05. The average molecular weight is 405 g/mol. The molecular weight excluding hydrogens is 387 g/mol. The van der Waals surface area contributed by atoms with E-state index in [1.165, 1.54) is 4.90 Å². The summed E-state index contributed by atoms with van der Waals surface area (Å²) in [4.78, 5) is 26.5. The Morgan fingerprint density at radius 3 is 2.52 bits per heavy atom. The molecule has 0 saturated carbocycles. The van der Waals surface area contributed by atoms with Crippen molar-refractivity contribution in [3.8, 4) is 0 Å². The number of benzene rings is 2. The number of amides is 2. The Balaban J connectivity index is 1.92. The highest BCUT2D eigenvalue weighted by Crippen LogP contribution is 2.33. The molecule has 1 heterocycles. The Bertz CT molecular complexity index is 913. The minimum atomic E-state index is -0.674. The van der Waals surface area contributed by atoms with E-state index < -0.39 is 12.0 Å². The van der Waals surface area contributed by atoms with Crippen LogP contribution in [-0.2, 0) is 16.1 Å². The number of allylic oxidation sites excluding steroid dienone is 1. The molecule has 140 valence electrons. The molecule has 0 fully saturated rings.